The van der Waals surface area contributed by atoms with Gasteiger partial charge in [-0.2, -0.15) is 0 Å². The Labute approximate surface area is 164 Å². The number of piperidine rings is 1. The molecule has 0 bridgehead atoms. The summed E-state index contributed by atoms with van der Waals surface area (Å²) in [7, 11) is 0. The first-order chi connectivity index (χ1) is 13.7. The zero-order chi connectivity index (χ0) is 19.3. The molecule has 1 saturated heterocycles. The largest absolute Gasteiger partial charge is 0.486 e. The van der Waals surface area contributed by atoms with Crippen molar-refractivity contribution >= 4 is 5.91 Å². The molecule has 2 aromatic carbocycles. The number of hydrogen-bond acceptors (Lipinski definition) is 4. The van der Waals surface area contributed by atoms with Crippen LogP contribution >= 0.6 is 0 Å². The number of rotatable bonds is 5. The predicted molar refractivity (Wildman–Crippen MR) is 104 cm³/mol. The highest BCUT2D eigenvalue weighted by Gasteiger charge is 2.27. The number of carbonyl (C=O) groups excluding carboxylic acids is 1. The van der Waals surface area contributed by atoms with Gasteiger partial charge in [0, 0.05) is 12.5 Å². The van der Waals surface area contributed by atoms with Gasteiger partial charge in [0.1, 0.15) is 18.5 Å². The van der Waals surface area contributed by atoms with Crippen LogP contribution in [0, 0.1) is 11.7 Å². The smallest absolute Gasteiger partial charge is 0.223 e. The van der Waals surface area contributed by atoms with Gasteiger partial charge in [0.25, 0.3) is 0 Å². The molecule has 2 heterocycles. The SMILES string of the molecule is O=C(NC[C@@H]1COc2ccccc2O1)C1CCN(Cc2ccc(F)cc2)CC1. The summed E-state index contributed by atoms with van der Waals surface area (Å²) < 4.78 is 24.6. The molecule has 0 unspecified atom stereocenters. The number of likely N-dealkylation sites (tertiary alicyclic amines) is 1. The van der Waals surface area contributed by atoms with Crippen LogP contribution in [0.25, 0.3) is 0 Å². The van der Waals surface area contributed by atoms with Crippen molar-refractivity contribution in [3.8, 4) is 11.5 Å². The van der Waals surface area contributed by atoms with Crippen LogP contribution in [0.5, 0.6) is 11.5 Å². The van der Waals surface area contributed by atoms with Crippen LogP contribution in [0.15, 0.2) is 48.5 Å². The van der Waals surface area contributed by atoms with Crippen LogP contribution < -0.4 is 14.8 Å². The van der Waals surface area contributed by atoms with E-state index < -0.39 is 0 Å². The van der Waals surface area contributed by atoms with Gasteiger partial charge in [0.2, 0.25) is 5.91 Å². The number of hydrogen-bond donors (Lipinski definition) is 1. The number of amides is 1. The molecule has 1 fully saturated rings. The van der Waals surface area contributed by atoms with Crippen molar-refractivity contribution in [3.63, 3.8) is 0 Å². The second-order valence-corrected chi connectivity index (χ2v) is 7.42. The second kappa shape index (κ2) is 8.61. The highest BCUT2D eigenvalue weighted by Crippen LogP contribution is 2.30. The lowest BCUT2D eigenvalue weighted by Gasteiger charge is -2.32. The van der Waals surface area contributed by atoms with Crippen molar-refractivity contribution in [1.29, 1.82) is 0 Å². The molecule has 1 amide bonds. The van der Waals surface area contributed by atoms with Gasteiger partial charge in [0.15, 0.2) is 11.5 Å². The summed E-state index contributed by atoms with van der Waals surface area (Å²) in [6.45, 7) is 3.41. The maximum Gasteiger partial charge on any atom is 0.223 e. The fourth-order valence-electron chi connectivity index (χ4n) is 3.72. The van der Waals surface area contributed by atoms with Gasteiger partial charge in [-0.3, -0.25) is 9.69 Å². The molecule has 5 nitrogen and oxygen atoms in total. The van der Waals surface area contributed by atoms with Crippen molar-refractivity contribution in [1.82, 2.24) is 10.2 Å². The first-order valence-corrected chi connectivity index (χ1v) is 9.80. The number of para-hydroxylation sites is 2. The standard InChI is InChI=1S/C22H25FN2O3/c23-18-7-5-16(6-8-18)14-25-11-9-17(10-12-25)22(26)24-13-19-15-27-20-3-1-2-4-21(20)28-19/h1-8,17,19H,9-15H2,(H,24,26)/t19-/m1/s1. The van der Waals surface area contributed by atoms with E-state index in [0.717, 1.165) is 49.5 Å². The van der Waals surface area contributed by atoms with Gasteiger partial charge in [0.05, 0.1) is 6.54 Å². The summed E-state index contributed by atoms with van der Waals surface area (Å²) >= 11 is 0. The molecule has 1 atom stereocenters. The van der Waals surface area contributed by atoms with Crippen LogP contribution in [0.2, 0.25) is 0 Å². The fourth-order valence-corrected chi connectivity index (χ4v) is 3.72. The van der Waals surface area contributed by atoms with E-state index in [-0.39, 0.29) is 23.7 Å². The summed E-state index contributed by atoms with van der Waals surface area (Å²) in [6.07, 6.45) is 1.49. The normalized spacial score (nSPS) is 20.0. The Balaban J connectivity index is 1.20. The topological polar surface area (TPSA) is 50.8 Å². The fraction of sp³-hybridized carbons (Fsp3) is 0.409. The van der Waals surface area contributed by atoms with Gasteiger partial charge >= 0.3 is 0 Å². The molecule has 1 N–H and O–H groups in total. The van der Waals surface area contributed by atoms with Gasteiger partial charge in [-0.05, 0) is 55.8 Å². The molecule has 28 heavy (non-hydrogen) atoms. The van der Waals surface area contributed by atoms with Crippen molar-refractivity contribution in [2.24, 2.45) is 5.92 Å². The van der Waals surface area contributed by atoms with Gasteiger partial charge in [-0.15, -0.1) is 0 Å². The Morgan fingerprint density at radius 2 is 1.79 bits per heavy atom. The maximum atomic E-state index is 13.0. The molecule has 0 spiro atoms. The van der Waals surface area contributed by atoms with Crippen LogP contribution in [0.3, 0.4) is 0 Å². The zero-order valence-corrected chi connectivity index (χ0v) is 15.8. The Kier molecular flexibility index (Phi) is 5.76. The van der Waals surface area contributed by atoms with E-state index >= 15 is 0 Å². The molecule has 0 aliphatic carbocycles. The van der Waals surface area contributed by atoms with Crippen LogP contribution in [0.1, 0.15) is 18.4 Å². The first kappa shape index (κ1) is 18.7. The van der Waals surface area contributed by atoms with Gasteiger partial charge < -0.3 is 14.8 Å². The maximum absolute atomic E-state index is 13.0. The molecule has 4 rings (SSSR count). The average Bonchev–Trinajstić information content (AvgIpc) is 2.74. The molecular weight excluding hydrogens is 359 g/mol. The summed E-state index contributed by atoms with van der Waals surface area (Å²) in [5.41, 5.74) is 1.10. The predicted octanol–water partition coefficient (Wildman–Crippen LogP) is 2.99. The molecule has 0 radical (unpaired) electrons. The molecular formula is C22H25FN2O3. The Morgan fingerprint density at radius 1 is 1.07 bits per heavy atom. The van der Waals surface area contributed by atoms with Gasteiger partial charge in [-0.25, -0.2) is 4.39 Å². The number of halogens is 1. The van der Waals surface area contributed by atoms with Crippen molar-refractivity contribution in [3.05, 3.63) is 59.9 Å². The van der Waals surface area contributed by atoms with E-state index in [9.17, 15) is 9.18 Å². The minimum Gasteiger partial charge on any atom is -0.486 e. The number of ether oxygens (including phenoxy) is 2. The van der Waals surface area contributed by atoms with Crippen molar-refractivity contribution in [2.45, 2.75) is 25.5 Å². The van der Waals surface area contributed by atoms with Crippen molar-refractivity contribution in [2.75, 3.05) is 26.2 Å². The van der Waals surface area contributed by atoms with Crippen LogP contribution in [-0.4, -0.2) is 43.2 Å². The lowest BCUT2D eigenvalue weighted by molar-refractivity contribution is -0.127. The third kappa shape index (κ3) is 4.62. The Morgan fingerprint density at radius 3 is 2.54 bits per heavy atom. The van der Waals surface area contributed by atoms with Gasteiger partial charge in [-0.1, -0.05) is 24.3 Å². The number of fused-ring (bicyclic) bond motifs is 1. The highest BCUT2D eigenvalue weighted by molar-refractivity contribution is 5.78. The molecule has 2 aliphatic rings. The minimum absolute atomic E-state index is 0.0289. The lowest BCUT2D eigenvalue weighted by Crippen LogP contribution is -2.45. The number of nitrogens with one attached hydrogen (secondary N) is 1. The monoisotopic (exact) mass is 384 g/mol. The highest BCUT2D eigenvalue weighted by atomic mass is 19.1. The van der Waals surface area contributed by atoms with E-state index in [2.05, 4.69) is 10.2 Å². The molecule has 0 aromatic heterocycles. The number of nitrogens with zero attached hydrogens (tertiary/aromatic N) is 1. The number of carbonyl (C=O) groups is 1. The molecule has 148 valence electrons. The van der Waals surface area contributed by atoms with Crippen LogP contribution in [-0.2, 0) is 11.3 Å². The Hall–Kier alpha value is -2.60. The minimum atomic E-state index is -0.213. The average molecular weight is 384 g/mol. The molecule has 2 aromatic rings. The summed E-state index contributed by atoms with van der Waals surface area (Å²) in [5.74, 6) is 1.38. The van der Waals surface area contributed by atoms with E-state index in [0.29, 0.717) is 13.2 Å². The van der Waals surface area contributed by atoms with E-state index in [4.69, 9.17) is 9.47 Å². The zero-order valence-electron chi connectivity index (χ0n) is 15.8. The lowest BCUT2D eigenvalue weighted by atomic mass is 9.95. The summed E-state index contributed by atoms with van der Waals surface area (Å²) in [6, 6.07) is 14.2. The van der Waals surface area contributed by atoms with Crippen molar-refractivity contribution < 1.29 is 18.7 Å². The van der Waals surface area contributed by atoms with E-state index in [1.54, 1.807) is 0 Å². The number of benzene rings is 2. The molecule has 2 aliphatic heterocycles. The first-order valence-electron chi connectivity index (χ1n) is 9.80. The third-order valence-corrected chi connectivity index (χ3v) is 5.35. The van der Waals surface area contributed by atoms with E-state index in [1.807, 2.05) is 36.4 Å². The Bertz CT molecular complexity index is 804. The second-order valence-electron chi connectivity index (χ2n) is 7.42. The molecule has 0 saturated carbocycles. The quantitative estimate of drug-likeness (QED) is 0.861. The summed E-state index contributed by atoms with van der Waals surface area (Å²) in [5, 5.41) is 3.02. The third-order valence-electron chi connectivity index (χ3n) is 5.35. The summed E-state index contributed by atoms with van der Waals surface area (Å²) in [4.78, 5) is 14.8. The van der Waals surface area contributed by atoms with Crippen LogP contribution in [0.4, 0.5) is 4.39 Å². The van der Waals surface area contributed by atoms with E-state index in [1.165, 1.54) is 12.1 Å². The molecule has 6 heteroatoms.